The molecule has 0 spiro atoms. The third kappa shape index (κ3) is 10.2. The number of β-amino-alcohol motifs (C(OH)–C–C–N with tert-alkyl or cyclic N) is 1. The number of aliphatic hydroxyl groups is 1. The Kier molecular flexibility index (Phi) is 10.2. The third-order valence-corrected chi connectivity index (χ3v) is 3.69. The fourth-order valence-electron chi connectivity index (χ4n) is 2.50. The second kappa shape index (κ2) is 11.4. The first-order valence-electron chi connectivity index (χ1n) is 8.32. The molecule has 1 atom stereocenters. The zero-order valence-electron chi connectivity index (χ0n) is 13.8. The smallest absolute Gasteiger partial charge is 0.0746 e. The predicted octanol–water partition coefficient (Wildman–Crippen LogP) is 1.68. The standard InChI is InChI=1S/C16H33NO4/c1-3-4-9-19-11-13-21-14-12-20-10-8-17-7-5-6-16(2,18)15-17/h18H,3-15H2,1-2H3. The van der Waals surface area contributed by atoms with E-state index in [1.54, 1.807) is 0 Å². The van der Waals surface area contributed by atoms with Crippen LogP contribution in [0.5, 0.6) is 0 Å². The molecular weight excluding hydrogens is 270 g/mol. The second-order valence-electron chi connectivity index (χ2n) is 6.07. The van der Waals surface area contributed by atoms with Crippen LogP contribution in [-0.2, 0) is 14.2 Å². The summed E-state index contributed by atoms with van der Waals surface area (Å²) in [5.41, 5.74) is -0.529. The zero-order chi connectivity index (χ0) is 15.4. The molecule has 1 rings (SSSR count). The number of likely N-dealkylation sites (tertiary alicyclic amines) is 1. The van der Waals surface area contributed by atoms with Crippen LogP contribution in [-0.4, -0.2) is 74.9 Å². The molecule has 1 unspecified atom stereocenters. The highest BCUT2D eigenvalue weighted by atomic mass is 16.5. The number of rotatable bonds is 12. The summed E-state index contributed by atoms with van der Waals surface area (Å²) in [6, 6.07) is 0. The molecule has 0 aliphatic carbocycles. The van der Waals surface area contributed by atoms with E-state index in [0.29, 0.717) is 33.0 Å². The summed E-state index contributed by atoms with van der Waals surface area (Å²) >= 11 is 0. The van der Waals surface area contributed by atoms with Gasteiger partial charge in [0.1, 0.15) is 0 Å². The lowest BCUT2D eigenvalue weighted by Crippen LogP contribution is -2.47. The third-order valence-electron chi connectivity index (χ3n) is 3.69. The first-order valence-corrected chi connectivity index (χ1v) is 8.32. The molecule has 0 saturated carbocycles. The number of unbranched alkanes of at least 4 members (excludes halogenated alkanes) is 1. The van der Waals surface area contributed by atoms with Crippen LogP contribution in [0, 0.1) is 0 Å². The van der Waals surface area contributed by atoms with Gasteiger partial charge in [-0.1, -0.05) is 13.3 Å². The van der Waals surface area contributed by atoms with Gasteiger partial charge in [0.25, 0.3) is 0 Å². The molecule has 5 heteroatoms. The molecule has 1 aliphatic rings. The zero-order valence-corrected chi connectivity index (χ0v) is 13.8. The van der Waals surface area contributed by atoms with Crippen molar-refractivity contribution in [2.45, 2.75) is 45.1 Å². The Morgan fingerprint density at radius 1 is 1.00 bits per heavy atom. The molecule has 21 heavy (non-hydrogen) atoms. The topological polar surface area (TPSA) is 51.2 Å². The molecule has 1 N–H and O–H groups in total. The van der Waals surface area contributed by atoms with Gasteiger partial charge in [-0.2, -0.15) is 0 Å². The van der Waals surface area contributed by atoms with Crippen molar-refractivity contribution < 1.29 is 19.3 Å². The largest absolute Gasteiger partial charge is 0.389 e. The minimum absolute atomic E-state index is 0.529. The fourth-order valence-corrected chi connectivity index (χ4v) is 2.50. The van der Waals surface area contributed by atoms with E-state index in [-0.39, 0.29) is 0 Å². The Morgan fingerprint density at radius 2 is 1.62 bits per heavy atom. The van der Waals surface area contributed by atoms with Crippen LogP contribution >= 0.6 is 0 Å². The average molecular weight is 303 g/mol. The van der Waals surface area contributed by atoms with Gasteiger partial charge in [0, 0.05) is 19.7 Å². The van der Waals surface area contributed by atoms with Crippen LogP contribution in [0.2, 0.25) is 0 Å². The van der Waals surface area contributed by atoms with E-state index < -0.39 is 5.60 Å². The number of hydrogen-bond acceptors (Lipinski definition) is 5. The minimum atomic E-state index is -0.529. The van der Waals surface area contributed by atoms with Gasteiger partial charge < -0.3 is 19.3 Å². The molecule has 0 amide bonds. The van der Waals surface area contributed by atoms with Crippen molar-refractivity contribution in [2.75, 3.05) is 59.3 Å². The van der Waals surface area contributed by atoms with Gasteiger partial charge in [0.15, 0.2) is 0 Å². The summed E-state index contributed by atoms with van der Waals surface area (Å²) in [7, 11) is 0. The van der Waals surface area contributed by atoms with Crippen molar-refractivity contribution >= 4 is 0 Å². The summed E-state index contributed by atoms with van der Waals surface area (Å²) in [5, 5.41) is 10.0. The molecule has 1 fully saturated rings. The molecule has 1 saturated heterocycles. The van der Waals surface area contributed by atoms with E-state index in [0.717, 1.165) is 45.5 Å². The summed E-state index contributed by atoms with van der Waals surface area (Å²) in [6.07, 6.45) is 4.25. The van der Waals surface area contributed by atoms with Gasteiger partial charge >= 0.3 is 0 Å². The molecule has 0 radical (unpaired) electrons. The maximum Gasteiger partial charge on any atom is 0.0746 e. The average Bonchev–Trinajstić information content (AvgIpc) is 2.44. The second-order valence-corrected chi connectivity index (χ2v) is 6.07. The quantitative estimate of drug-likeness (QED) is 0.556. The van der Waals surface area contributed by atoms with Crippen molar-refractivity contribution in [1.29, 1.82) is 0 Å². The van der Waals surface area contributed by atoms with Gasteiger partial charge in [-0.25, -0.2) is 0 Å². The molecule has 126 valence electrons. The summed E-state index contributed by atoms with van der Waals surface area (Å²) in [5.74, 6) is 0. The molecule has 0 aromatic heterocycles. The summed E-state index contributed by atoms with van der Waals surface area (Å²) in [6.45, 7) is 10.9. The summed E-state index contributed by atoms with van der Waals surface area (Å²) in [4.78, 5) is 2.27. The Balaban J connectivity index is 1.82. The maximum atomic E-state index is 10.0. The molecule has 0 aromatic rings. The monoisotopic (exact) mass is 303 g/mol. The lowest BCUT2D eigenvalue weighted by Gasteiger charge is -2.36. The summed E-state index contributed by atoms with van der Waals surface area (Å²) < 4.78 is 16.4. The molecule has 5 nitrogen and oxygen atoms in total. The van der Waals surface area contributed by atoms with Crippen LogP contribution in [0.15, 0.2) is 0 Å². The van der Waals surface area contributed by atoms with E-state index in [1.807, 2.05) is 6.92 Å². The van der Waals surface area contributed by atoms with Crippen LogP contribution in [0.25, 0.3) is 0 Å². The Morgan fingerprint density at radius 3 is 2.24 bits per heavy atom. The Bertz CT molecular complexity index is 248. The van der Waals surface area contributed by atoms with E-state index in [4.69, 9.17) is 14.2 Å². The van der Waals surface area contributed by atoms with Crippen molar-refractivity contribution in [3.8, 4) is 0 Å². The van der Waals surface area contributed by atoms with E-state index in [9.17, 15) is 5.11 Å². The number of nitrogens with zero attached hydrogens (tertiary/aromatic N) is 1. The van der Waals surface area contributed by atoms with Crippen molar-refractivity contribution in [2.24, 2.45) is 0 Å². The maximum absolute atomic E-state index is 10.0. The van der Waals surface area contributed by atoms with Crippen LogP contribution in [0.1, 0.15) is 39.5 Å². The van der Waals surface area contributed by atoms with Crippen molar-refractivity contribution in [3.63, 3.8) is 0 Å². The SMILES string of the molecule is CCCCOCCOCCOCCN1CCCC(C)(O)C1. The first kappa shape index (κ1) is 18.8. The Hall–Kier alpha value is -0.200. The van der Waals surface area contributed by atoms with Crippen molar-refractivity contribution in [3.05, 3.63) is 0 Å². The molecule has 0 bridgehead atoms. The first-order chi connectivity index (χ1) is 10.1. The molecule has 0 aromatic carbocycles. The van der Waals surface area contributed by atoms with E-state index >= 15 is 0 Å². The van der Waals surface area contributed by atoms with Crippen molar-refractivity contribution in [1.82, 2.24) is 4.90 Å². The normalized spacial score (nSPS) is 23.6. The number of piperidine rings is 1. The highest BCUT2D eigenvalue weighted by Gasteiger charge is 2.27. The van der Waals surface area contributed by atoms with Crippen LogP contribution in [0.4, 0.5) is 0 Å². The Labute approximate surface area is 129 Å². The van der Waals surface area contributed by atoms with Crippen LogP contribution < -0.4 is 0 Å². The highest BCUT2D eigenvalue weighted by molar-refractivity contribution is 4.82. The number of hydrogen-bond donors (Lipinski definition) is 1. The van der Waals surface area contributed by atoms with Gasteiger partial charge in [0.2, 0.25) is 0 Å². The highest BCUT2D eigenvalue weighted by Crippen LogP contribution is 2.19. The van der Waals surface area contributed by atoms with Gasteiger partial charge in [-0.05, 0) is 32.7 Å². The lowest BCUT2D eigenvalue weighted by atomic mass is 9.95. The van der Waals surface area contributed by atoms with E-state index in [2.05, 4.69) is 11.8 Å². The van der Waals surface area contributed by atoms with Gasteiger partial charge in [-0.3, -0.25) is 4.90 Å². The van der Waals surface area contributed by atoms with Crippen LogP contribution in [0.3, 0.4) is 0 Å². The predicted molar refractivity (Wildman–Crippen MR) is 83.7 cm³/mol. The van der Waals surface area contributed by atoms with E-state index in [1.165, 1.54) is 6.42 Å². The molecular formula is C16H33NO4. The minimum Gasteiger partial charge on any atom is -0.389 e. The molecule has 1 heterocycles. The fraction of sp³-hybridized carbons (Fsp3) is 1.00. The van der Waals surface area contributed by atoms with Gasteiger partial charge in [0.05, 0.1) is 38.6 Å². The molecule has 1 aliphatic heterocycles. The lowest BCUT2D eigenvalue weighted by molar-refractivity contribution is -0.0287. The van der Waals surface area contributed by atoms with Gasteiger partial charge in [-0.15, -0.1) is 0 Å². The number of ether oxygens (including phenoxy) is 3.